The van der Waals surface area contributed by atoms with Gasteiger partial charge in [0.1, 0.15) is 0 Å². The minimum atomic E-state index is 0.271. The van der Waals surface area contributed by atoms with Crippen LogP contribution in [-0.4, -0.2) is 0 Å². The molecule has 0 aromatic heterocycles. The van der Waals surface area contributed by atoms with Gasteiger partial charge in [-0.3, -0.25) is 0 Å². The molecule has 0 atom stereocenters. The van der Waals surface area contributed by atoms with Crippen LogP contribution in [0.2, 0.25) is 0 Å². The monoisotopic (exact) mass is 344 g/mol. The summed E-state index contributed by atoms with van der Waals surface area (Å²) < 4.78 is 2.40. The van der Waals surface area contributed by atoms with E-state index in [4.69, 9.17) is 0 Å². The Morgan fingerprint density at radius 3 is 2.12 bits per heavy atom. The van der Waals surface area contributed by atoms with Crippen LogP contribution in [0.5, 0.6) is 0 Å². The number of rotatable bonds is 0. The van der Waals surface area contributed by atoms with Gasteiger partial charge in [-0.1, -0.05) is 33.8 Å². The smallest absolute Gasteiger partial charge is 0.0357 e. The Kier molecular flexibility index (Phi) is 3.03. The van der Waals surface area contributed by atoms with E-state index in [1.54, 1.807) is 0 Å². The Morgan fingerprint density at radius 1 is 0.938 bits per heavy atom. The molecule has 0 heterocycles. The van der Waals surface area contributed by atoms with E-state index in [1.165, 1.54) is 28.4 Å². The third-order valence-electron chi connectivity index (χ3n) is 3.88. The highest BCUT2D eigenvalue weighted by Gasteiger charge is 2.38. The summed E-state index contributed by atoms with van der Waals surface area (Å²) in [5.41, 5.74) is 3.55. The zero-order chi connectivity index (χ0) is 12.1. The van der Waals surface area contributed by atoms with Crippen LogP contribution in [0.1, 0.15) is 51.7 Å². The minimum absolute atomic E-state index is 0.271. The first-order chi connectivity index (χ1) is 7.26. The van der Waals surface area contributed by atoms with Crippen molar-refractivity contribution >= 4 is 31.9 Å². The molecule has 1 aromatic rings. The van der Waals surface area contributed by atoms with Crippen molar-refractivity contribution in [3.05, 3.63) is 32.2 Å². The third kappa shape index (κ3) is 1.88. The highest BCUT2D eigenvalue weighted by molar-refractivity contribution is 9.13. The normalized spacial score (nSPS) is 21.6. The molecule has 0 aliphatic heterocycles. The fourth-order valence-corrected chi connectivity index (χ4v) is 3.87. The second-order valence-corrected chi connectivity index (χ2v) is 7.70. The molecule has 2 rings (SSSR count). The molecule has 0 N–H and O–H groups in total. The summed E-state index contributed by atoms with van der Waals surface area (Å²) in [5, 5.41) is 0. The maximum Gasteiger partial charge on any atom is 0.0357 e. The van der Waals surface area contributed by atoms with Crippen molar-refractivity contribution in [2.75, 3.05) is 0 Å². The predicted octanol–water partition coefficient (Wildman–Crippen LogP) is 5.56. The van der Waals surface area contributed by atoms with Crippen molar-refractivity contribution in [2.24, 2.45) is 0 Å². The molecule has 0 bridgehead atoms. The van der Waals surface area contributed by atoms with Gasteiger partial charge in [0.2, 0.25) is 0 Å². The van der Waals surface area contributed by atoms with E-state index in [0.29, 0.717) is 5.41 Å². The lowest BCUT2D eigenvalue weighted by atomic mass is 9.63. The van der Waals surface area contributed by atoms with Gasteiger partial charge < -0.3 is 0 Å². The van der Waals surface area contributed by atoms with Gasteiger partial charge >= 0.3 is 0 Å². The highest BCUT2D eigenvalue weighted by atomic mass is 79.9. The van der Waals surface area contributed by atoms with E-state index in [0.717, 1.165) is 4.47 Å². The molecular formula is C14H18Br2. The molecule has 16 heavy (non-hydrogen) atoms. The van der Waals surface area contributed by atoms with Crippen molar-refractivity contribution < 1.29 is 0 Å². The van der Waals surface area contributed by atoms with Crippen LogP contribution >= 0.6 is 31.9 Å². The van der Waals surface area contributed by atoms with Gasteiger partial charge in [0.25, 0.3) is 0 Å². The van der Waals surface area contributed by atoms with E-state index >= 15 is 0 Å². The average Bonchev–Trinajstić information content (AvgIpc) is 2.17. The summed E-state index contributed by atoms with van der Waals surface area (Å²) in [6.45, 7) is 9.39. The van der Waals surface area contributed by atoms with Gasteiger partial charge in [-0.25, -0.2) is 0 Å². The Morgan fingerprint density at radius 2 is 1.50 bits per heavy atom. The number of hydrogen-bond acceptors (Lipinski definition) is 0. The van der Waals surface area contributed by atoms with Crippen LogP contribution in [0.4, 0.5) is 0 Å². The summed E-state index contributed by atoms with van der Waals surface area (Å²) >= 11 is 7.36. The van der Waals surface area contributed by atoms with E-state index < -0.39 is 0 Å². The standard InChI is InChI=1S/C14H18Br2/c1-13(2)7-8-14(3,4)11-9(13)5-6-10(15)12(11)16/h5-6H,7-8H2,1-4H3. The van der Waals surface area contributed by atoms with Crippen molar-refractivity contribution in [1.82, 2.24) is 0 Å². The summed E-state index contributed by atoms with van der Waals surface area (Å²) in [6, 6.07) is 4.44. The molecule has 1 aromatic carbocycles. The maximum absolute atomic E-state index is 3.75. The first-order valence-corrected chi connectivity index (χ1v) is 7.33. The third-order valence-corrected chi connectivity index (χ3v) is 5.89. The first-order valence-electron chi connectivity index (χ1n) is 5.75. The molecule has 0 radical (unpaired) electrons. The molecule has 0 unspecified atom stereocenters. The topological polar surface area (TPSA) is 0 Å². The summed E-state index contributed by atoms with van der Waals surface area (Å²) in [7, 11) is 0. The lowest BCUT2D eigenvalue weighted by molar-refractivity contribution is 0.330. The molecule has 0 saturated heterocycles. The fraction of sp³-hybridized carbons (Fsp3) is 0.571. The summed E-state index contributed by atoms with van der Waals surface area (Å²) in [5.74, 6) is 0. The van der Waals surface area contributed by atoms with Gasteiger partial charge in [-0.05, 0) is 72.7 Å². The summed E-state index contributed by atoms with van der Waals surface area (Å²) in [4.78, 5) is 0. The number of hydrogen-bond donors (Lipinski definition) is 0. The van der Waals surface area contributed by atoms with Crippen molar-refractivity contribution in [2.45, 2.75) is 51.4 Å². The Balaban J connectivity index is 2.75. The second kappa shape index (κ2) is 3.84. The lowest BCUT2D eigenvalue weighted by Crippen LogP contribution is -2.34. The Bertz CT molecular complexity index is 431. The first kappa shape index (κ1) is 12.6. The van der Waals surface area contributed by atoms with Crippen LogP contribution in [0, 0.1) is 0 Å². The molecule has 2 heteroatoms. The Labute approximate surface area is 115 Å². The summed E-state index contributed by atoms with van der Waals surface area (Å²) in [6.07, 6.45) is 2.52. The molecule has 0 spiro atoms. The van der Waals surface area contributed by atoms with Gasteiger partial charge in [0.05, 0.1) is 0 Å². The quantitative estimate of drug-likeness (QED) is 0.577. The van der Waals surface area contributed by atoms with Crippen LogP contribution in [-0.2, 0) is 10.8 Å². The van der Waals surface area contributed by atoms with E-state index in [2.05, 4.69) is 71.7 Å². The second-order valence-electron chi connectivity index (χ2n) is 6.05. The molecule has 0 nitrogen and oxygen atoms in total. The van der Waals surface area contributed by atoms with Gasteiger partial charge in [0, 0.05) is 8.95 Å². The Hall–Kier alpha value is 0.180. The molecule has 0 saturated carbocycles. The van der Waals surface area contributed by atoms with Crippen LogP contribution in [0.25, 0.3) is 0 Å². The SMILES string of the molecule is CC1(C)CCC(C)(C)c2c1ccc(Br)c2Br. The number of benzene rings is 1. The number of fused-ring (bicyclic) bond motifs is 1. The van der Waals surface area contributed by atoms with Crippen LogP contribution < -0.4 is 0 Å². The predicted molar refractivity (Wildman–Crippen MR) is 77.1 cm³/mol. The van der Waals surface area contributed by atoms with E-state index in [9.17, 15) is 0 Å². The van der Waals surface area contributed by atoms with Crippen molar-refractivity contribution in [3.63, 3.8) is 0 Å². The zero-order valence-electron chi connectivity index (χ0n) is 10.3. The van der Waals surface area contributed by atoms with Crippen molar-refractivity contribution in [1.29, 1.82) is 0 Å². The van der Waals surface area contributed by atoms with E-state index in [1.807, 2.05) is 0 Å². The van der Waals surface area contributed by atoms with Crippen molar-refractivity contribution in [3.8, 4) is 0 Å². The lowest BCUT2D eigenvalue weighted by Gasteiger charge is -2.42. The van der Waals surface area contributed by atoms with Gasteiger partial charge in [-0.15, -0.1) is 0 Å². The largest absolute Gasteiger partial charge is 0.0570 e. The molecule has 88 valence electrons. The molecule has 0 amide bonds. The maximum atomic E-state index is 3.75. The molecule has 0 fully saturated rings. The van der Waals surface area contributed by atoms with Gasteiger partial charge in [-0.2, -0.15) is 0 Å². The molecular weight excluding hydrogens is 328 g/mol. The van der Waals surface area contributed by atoms with E-state index in [-0.39, 0.29) is 5.41 Å². The fourth-order valence-electron chi connectivity index (χ4n) is 2.66. The van der Waals surface area contributed by atoms with Gasteiger partial charge in [0.15, 0.2) is 0 Å². The highest BCUT2D eigenvalue weighted by Crippen LogP contribution is 2.49. The zero-order valence-corrected chi connectivity index (χ0v) is 13.5. The van der Waals surface area contributed by atoms with Crippen LogP contribution in [0.3, 0.4) is 0 Å². The van der Waals surface area contributed by atoms with Crippen LogP contribution in [0.15, 0.2) is 21.1 Å². The molecule has 1 aliphatic rings. The number of halogens is 2. The minimum Gasteiger partial charge on any atom is -0.0570 e. The molecule has 1 aliphatic carbocycles. The average molecular weight is 346 g/mol.